The van der Waals surface area contributed by atoms with Gasteiger partial charge in [-0.15, -0.1) is 0 Å². The summed E-state index contributed by atoms with van der Waals surface area (Å²) in [6.45, 7) is 3.55. The molecule has 1 aromatic rings. The van der Waals surface area contributed by atoms with E-state index >= 15 is 0 Å². The van der Waals surface area contributed by atoms with Crippen molar-refractivity contribution in [1.29, 1.82) is 0 Å². The Morgan fingerprint density at radius 2 is 1.73 bits per heavy atom. The lowest BCUT2D eigenvalue weighted by Crippen LogP contribution is -2.50. The van der Waals surface area contributed by atoms with Crippen molar-refractivity contribution in [2.75, 3.05) is 6.61 Å². The van der Waals surface area contributed by atoms with Crippen molar-refractivity contribution >= 4 is 0 Å². The number of hydrogen-bond donors (Lipinski definition) is 1. The van der Waals surface area contributed by atoms with Crippen LogP contribution in [0.25, 0.3) is 0 Å². The van der Waals surface area contributed by atoms with Gasteiger partial charge in [-0.1, -0.05) is 30.3 Å². The molecule has 6 heteroatoms. The summed E-state index contributed by atoms with van der Waals surface area (Å²) in [6, 6.07) is 9.65. The van der Waals surface area contributed by atoms with Crippen molar-refractivity contribution in [3.63, 3.8) is 0 Å². The Bertz CT molecular complexity index is 533. The van der Waals surface area contributed by atoms with Crippen molar-refractivity contribution in [3.8, 4) is 0 Å². The Morgan fingerprint density at radius 1 is 0.955 bits per heavy atom. The van der Waals surface area contributed by atoms with Gasteiger partial charge in [0.1, 0.15) is 24.4 Å². The number of hydrogen-bond acceptors (Lipinski definition) is 6. The number of rotatable bonds is 2. The molecule has 3 heterocycles. The zero-order valence-electron chi connectivity index (χ0n) is 12.5. The molecule has 0 radical (unpaired) electrons. The van der Waals surface area contributed by atoms with E-state index in [1.807, 2.05) is 44.2 Å². The largest absolute Gasteiger partial charge is 0.394 e. The Labute approximate surface area is 128 Å². The van der Waals surface area contributed by atoms with E-state index in [4.69, 9.17) is 23.7 Å². The minimum atomic E-state index is -0.696. The minimum absolute atomic E-state index is 0.142. The zero-order chi connectivity index (χ0) is 15.3. The first kappa shape index (κ1) is 14.6. The number of aliphatic hydroxyl groups excluding tert-OH is 1. The maximum atomic E-state index is 9.63. The molecule has 0 aliphatic carbocycles. The fourth-order valence-corrected chi connectivity index (χ4v) is 3.28. The predicted octanol–water partition coefficient (Wildman–Crippen LogP) is 1.34. The van der Waals surface area contributed by atoms with Gasteiger partial charge in [-0.2, -0.15) is 0 Å². The second-order valence-electron chi connectivity index (χ2n) is 6.27. The van der Waals surface area contributed by atoms with Gasteiger partial charge in [-0.05, 0) is 13.8 Å². The molecule has 1 aromatic carbocycles. The van der Waals surface area contributed by atoms with Crippen LogP contribution in [0, 0.1) is 0 Å². The van der Waals surface area contributed by atoms with Gasteiger partial charge in [0, 0.05) is 5.56 Å². The molecule has 0 saturated carbocycles. The van der Waals surface area contributed by atoms with Crippen molar-refractivity contribution in [3.05, 3.63) is 35.9 Å². The average molecular weight is 308 g/mol. The average Bonchev–Trinajstić information content (AvgIpc) is 2.99. The Balaban J connectivity index is 1.59. The normalized spacial score (nSPS) is 42.9. The predicted molar refractivity (Wildman–Crippen MR) is 74.7 cm³/mol. The highest BCUT2D eigenvalue weighted by Crippen LogP contribution is 2.44. The molecule has 0 aromatic heterocycles. The third-order valence-corrected chi connectivity index (χ3v) is 4.22. The monoisotopic (exact) mass is 308 g/mol. The third-order valence-electron chi connectivity index (χ3n) is 4.22. The summed E-state index contributed by atoms with van der Waals surface area (Å²) in [4.78, 5) is 0. The zero-order valence-corrected chi connectivity index (χ0v) is 12.5. The standard InChI is InChI=1S/C16H20O6/c1-16(2)21-13-12-11(19-15(13)22-16)10(8-17)18-14(20-12)9-6-4-3-5-7-9/h3-7,10-15,17H,8H2,1-2H3/t10-,11+,12-,13+,14?,15+/m0/s1. The summed E-state index contributed by atoms with van der Waals surface area (Å²) in [7, 11) is 0. The van der Waals surface area contributed by atoms with Gasteiger partial charge >= 0.3 is 0 Å². The summed E-state index contributed by atoms with van der Waals surface area (Å²) in [6.07, 6.45) is -2.54. The molecule has 22 heavy (non-hydrogen) atoms. The summed E-state index contributed by atoms with van der Waals surface area (Å²) in [5, 5.41) is 9.63. The second-order valence-corrected chi connectivity index (χ2v) is 6.27. The topological polar surface area (TPSA) is 66.4 Å². The lowest BCUT2D eigenvalue weighted by Gasteiger charge is -2.39. The molecule has 3 fully saturated rings. The van der Waals surface area contributed by atoms with Crippen LogP contribution in [0.15, 0.2) is 30.3 Å². The maximum absolute atomic E-state index is 9.63. The fourth-order valence-electron chi connectivity index (χ4n) is 3.28. The van der Waals surface area contributed by atoms with Gasteiger partial charge < -0.3 is 28.8 Å². The van der Waals surface area contributed by atoms with Gasteiger partial charge in [-0.3, -0.25) is 0 Å². The molecule has 6 nitrogen and oxygen atoms in total. The highest BCUT2D eigenvalue weighted by molar-refractivity contribution is 5.17. The van der Waals surface area contributed by atoms with Crippen LogP contribution in [-0.4, -0.2) is 48.2 Å². The fraction of sp³-hybridized carbons (Fsp3) is 0.625. The summed E-state index contributed by atoms with van der Waals surface area (Å²) in [5.41, 5.74) is 0.904. The first-order valence-corrected chi connectivity index (χ1v) is 7.55. The molecule has 120 valence electrons. The van der Waals surface area contributed by atoms with Gasteiger partial charge in [0.05, 0.1) is 6.61 Å². The van der Waals surface area contributed by atoms with Crippen LogP contribution in [0.2, 0.25) is 0 Å². The SMILES string of the molecule is CC1(C)O[C@H]2O[C@H]3[C@H](OC(c4ccccc4)O[C@H]3CO)[C@H]2O1. The van der Waals surface area contributed by atoms with Gasteiger partial charge in [0.2, 0.25) is 0 Å². The van der Waals surface area contributed by atoms with E-state index in [0.717, 1.165) is 5.56 Å². The quantitative estimate of drug-likeness (QED) is 0.889. The van der Waals surface area contributed by atoms with E-state index in [2.05, 4.69) is 0 Å². The van der Waals surface area contributed by atoms with Crippen LogP contribution in [-0.2, 0) is 23.7 Å². The van der Waals surface area contributed by atoms with Crippen LogP contribution in [0.5, 0.6) is 0 Å². The lowest BCUT2D eigenvalue weighted by molar-refractivity contribution is -0.313. The first-order valence-electron chi connectivity index (χ1n) is 7.55. The molecule has 3 aliphatic rings. The summed E-state index contributed by atoms with van der Waals surface area (Å²) >= 11 is 0. The van der Waals surface area contributed by atoms with Crippen LogP contribution in [0.1, 0.15) is 25.7 Å². The van der Waals surface area contributed by atoms with E-state index < -0.39 is 30.6 Å². The van der Waals surface area contributed by atoms with E-state index in [1.54, 1.807) is 0 Å². The van der Waals surface area contributed by atoms with Gasteiger partial charge in [0.25, 0.3) is 0 Å². The van der Waals surface area contributed by atoms with E-state index in [1.165, 1.54) is 0 Å². The molecule has 3 aliphatic heterocycles. The molecule has 1 unspecified atom stereocenters. The Hall–Kier alpha value is -1.02. The van der Waals surface area contributed by atoms with Crippen LogP contribution >= 0.6 is 0 Å². The van der Waals surface area contributed by atoms with Gasteiger partial charge in [-0.25, -0.2) is 0 Å². The molecular formula is C16H20O6. The van der Waals surface area contributed by atoms with Crippen LogP contribution in [0.3, 0.4) is 0 Å². The van der Waals surface area contributed by atoms with Crippen LogP contribution < -0.4 is 0 Å². The highest BCUT2D eigenvalue weighted by atomic mass is 16.9. The number of benzene rings is 1. The Morgan fingerprint density at radius 3 is 2.45 bits per heavy atom. The van der Waals surface area contributed by atoms with E-state index in [-0.39, 0.29) is 18.8 Å². The number of ether oxygens (including phenoxy) is 5. The van der Waals surface area contributed by atoms with Crippen LogP contribution in [0.4, 0.5) is 0 Å². The maximum Gasteiger partial charge on any atom is 0.190 e. The summed E-state index contributed by atoms with van der Waals surface area (Å²) in [5.74, 6) is -0.696. The first-order chi connectivity index (χ1) is 10.6. The highest BCUT2D eigenvalue weighted by Gasteiger charge is 2.59. The molecule has 4 rings (SSSR count). The number of fused-ring (bicyclic) bond motifs is 3. The molecule has 6 atom stereocenters. The third kappa shape index (κ3) is 2.36. The molecule has 0 amide bonds. The summed E-state index contributed by atoms with van der Waals surface area (Å²) < 4.78 is 29.4. The van der Waals surface area contributed by atoms with Gasteiger partial charge in [0.15, 0.2) is 18.4 Å². The molecule has 1 N–H and O–H groups in total. The molecule has 0 bridgehead atoms. The molecular weight excluding hydrogens is 288 g/mol. The van der Waals surface area contributed by atoms with Crippen molar-refractivity contribution in [1.82, 2.24) is 0 Å². The minimum Gasteiger partial charge on any atom is -0.394 e. The Kier molecular flexibility index (Phi) is 3.48. The number of aliphatic hydroxyl groups is 1. The molecule has 0 spiro atoms. The second kappa shape index (κ2) is 5.26. The smallest absolute Gasteiger partial charge is 0.190 e. The lowest BCUT2D eigenvalue weighted by atomic mass is 10.0. The van der Waals surface area contributed by atoms with E-state index in [0.29, 0.717) is 0 Å². The molecule has 3 saturated heterocycles. The van der Waals surface area contributed by atoms with E-state index in [9.17, 15) is 5.11 Å². The van der Waals surface area contributed by atoms with Crippen molar-refractivity contribution in [2.24, 2.45) is 0 Å². The van der Waals surface area contributed by atoms with Crippen molar-refractivity contribution in [2.45, 2.75) is 56.6 Å². The van der Waals surface area contributed by atoms with Crippen molar-refractivity contribution < 1.29 is 28.8 Å².